The first-order chi connectivity index (χ1) is 4.86. The molecular formula is C8H4N2. The first kappa shape index (κ1) is 6.32. The number of hydrogen-bond acceptors (Lipinski definition) is 2. The third kappa shape index (κ3) is 1.13. The molecule has 0 atom stereocenters. The van der Waals surface area contributed by atoms with Gasteiger partial charge in [0.05, 0.1) is 12.4 Å². The second-order valence-electron chi connectivity index (χ2n) is 1.58. The van der Waals surface area contributed by atoms with Crippen molar-refractivity contribution >= 4 is 0 Å². The van der Waals surface area contributed by atoms with E-state index in [2.05, 4.69) is 21.8 Å². The Morgan fingerprint density at radius 2 is 1.60 bits per heavy atom. The highest BCUT2D eigenvalue weighted by molar-refractivity contribution is 5.28. The third-order valence-corrected chi connectivity index (χ3v) is 0.930. The van der Waals surface area contributed by atoms with E-state index >= 15 is 0 Å². The lowest BCUT2D eigenvalue weighted by atomic mass is 10.4. The van der Waals surface area contributed by atoms with E-state index in [9.17, 15) is 0 Å². The highest BCUT2D eigenvalue weighted by Gasteiger charge is 1.89. The van der Waals surface area contributed by atoms with E-state index in [4.69, 9.17) is 12.8 Å². The van der Waals surface area contributed by atoms with Crippen LogP contribution in [0.3, 0.4) is 0 Å². The Balaban J connectivity index is 3.17. The number of nitrogens with zero attached hydrogens (tertiary/aromatic N) is 2. The Morgan fingerprint density at radius 3 is 2.00 bits per heavy atom. The summed E-state index contributed by atoms with van der Waals surface area (Å²) in [6.07, 6.45) is 13.1. The SMILES string of the molecule is C#Cc1cncc(C#C)n1. The van der Waals surface area contributed by atoms with E-state index in [1.165, 1.54) is 12.4 Å². The average molecular weight is 128 g/mol. The van der Waals surface area contributed by atoms with Crippen LogP contribution in [0.1, 0.15) is 11.4 Å². The van der Waals surface area contributed by atoms with Gasteiger partial charge in [0.2, 0.25) is 0 Å². The molecule has 46 valence electrons. The van der Waals surface area contributed by atoms with Gasteiger partial charge < -0.3 is 0 Å². The predicted octanol–water partition coefficient (Wildman–Crippen LogP) is 0.439. The molecule has 2 heteroatoms. The summed E-state index contributed by atoms with van der Waals surface area (Å²) in [5, 5.41) is 0. The number of terminal acetylenes is 2. The minimum Gasteiger partial charge on any atom is -0.259 e. The minimum absolute atomic E-state index is 0.468. The van der Waals surface area contributed by atoms with Gasteiger partial charge in [0.25, 0.3) is 0 Å². The summed E-state index contributed by atoms with van der Waals surface area (Å²) in [5.74, 6) is 4.66. The molecule has 0 unspecified atom stereocenters. The molecule has 0 N–H and O–H groups in total. The van der Waals surface area contributed by atoms with Crippen molar-refractivity contribution in [3.05, 3.63) is 23.8 Å². The van der Waals surface area contributed by atoms with Crippen LogP contribution in [0.2, 0.25) is 0 Å². The molecule has 0 aliphatic carbocycles. The zero-order valence-corrected chi connectivity index (χ0v) is 5.20. The maximum atomic E-state index is 5.05. The normalized spacial score (nSPS) is 7.80. The molecule has 0 aliphatic heterocycles. The summed E-state index contributed by atoms with van der Waals surface area (Å²) in [4.78, 5) is 7.65. The fraction of sp³-hybridized carbons (Fsp3) is 0. The Hall–Kier alpha value is -1.80. The van der Waals surface area contributed by atoms with E-state index in [1.807, 2.05) is 0 Å². The van der Waals surface area contributed by atoms with Crippen molar-refractivity contribution in [1.29, 1.82) is 0 Å². The van der Waals surface area contributed by atoms with Crippen LogP contribution in [0.15, 0.2) is 12.4 Å². The Kier molecular flexibility index (Phi) is 1.68. The second-order valence-corrected chi connectivity index (χ2v) is 1.58. The first-order valence-corrected chi connectivity index (χ1v) is 2.62. The molecule has 1 rings (SSSR count). The van der Waals surface area contributed by atoms with E-state index in [0.717, 1.165) is 0 Å². The predicted molar refractivity (Wildman–Crippen MR) is 37.9 cm³/mol. The maximum Gasteiger partial charge on any atom is 0.132 e. The summed E-state index contributed by atoms with van der Waals surface area (Å²) < 4.78 is 0. The third-order valence-electron chi connectivity index (χ3n) is 0.930. The first-order valence-electron chi connectivity index (χ1n) is 2.62. The second kappa shape index (κ2) is 2.66. The van der Waals surface area contributed by atoms with Crippen LogP contribution in [0.4, 0.5) is 0 Å². The van der Waals surface area contributed by atoms with E-state index in [0.29, 0.717) is 11.4 Å². The topological polar surface area (TPSA) is 25.8 Å². The highest BCUT2D eigenvalue weighted by Crippen LogP contribution is 1.91. The van der Waals surface area contributed by atoms with Gasteiger partial charge in [0.1, 0.15) is 11.4 Å². The molecule has 0 amide bonds. The quantitative estimate of drug-likeness (QED) is 0.474. The number of hydrogen-bond donors (Lipinski definition) is 0. The molecule has 0 aliphatic rings. The van der Waals surface area contributed by atoms with Gasteiger partial charge in [-0.3, -0.25) is 4.98 Å². The van der Waals surface area contributed by atoms with Crippen molar-refractivity contribution in [3.8, 4) is 24.7 Å². The van der Waals surface area contributed by atoms with Crippen LogP contribution < -0.4 is 0 Å². The molecule has 10 heavy (non-hydrogen) atoms. The molecule has 0 saturated heterocycles. The van der Waals surface area contributed by atoms with Crippen molar-refractivity contribution in [2.45, 2.75) is 0 Å². The van der Waals surface area contributed by atoms with Crippen molar-refractivity contribution < 1.29 is 0 Å². The number of aromatic nitrogens is 2. The van der Waals surface area contributed by atoms with Crippen molar-refractivity contribution in [1.82, 2.24) is 9.97 Å². The summed E-state index contributed by atoms with van der Waals surface area (Å²) in [5.41, 5.74) is 0.936. The summed E-state index contributed by atoms with van der Waals surface area (Å²) >= 11 is 0. The highest BCUT2D eigenvalue weighted by atomic mass is 14.8. The van der Waals surface area contributed by atoms with E-state index in [-0.39, 0.29) is 0 Å². The number of rotatable bonds is 0. The molecule has 0 fully saturated rings. The standard InChI is InChI=1S/C8H4N2/c1-3-7-5-9-6-8(4-2)10-7/h1-2,5-6H. The Bertz CT molecular complexity index is 286. The van der Waals surface area contributed by atoms with Gasteiger partial charge in [0.15, 0.2) is 0 Å². The van der Waals surface area contributed by atoms with E-state index in [1.54, 1.807) is 0 Å². The zero-order chi connectivity index (χ0) is 7.40. The molecule has 1 aromatic rings. The smallest absolute Gasteiger partial charge is 0.132 e. The Labute approximate surface area is 59.3 Å². The molecule has 2 nitrogen and oxygen atoms in total. The lowest BCUT2D eigenvalue weighted by Gasteiger charge is -1.88. The maximum absolute atomic E-state index is 5.05. The van der Waals surface area contributed by atoms with Crippen LogP contribution in [0.25, 0.3) is 0 Å². The van der Waals surface area contributed by atoms with Crippen LogP contribution in [-0.2, 0) is 0 Å². The van der Waals surface area contributed by atoms with Gasteiger partial charge in [-0.15, -0.1) is 12.8 Å². The van der Waals surface area contributed by atoms with Crippen molar-refractivity contribution in [3.63, 3.8) is 0 Å². The lowest BCUT2D eigenvalue weighted by Crippen LogP contribution is -1.88. The van der Waals surface area contributed by atoms with Crippen molar-refractivity contribution in [2.75, 3.05) is 0 Å². The minimum atomic E-state index is 0.468. The summed E-state index contributed by atoms with van der Waals surface area (Å²) in [7, 11) is 0. The average Bonchev–Trinajstić information content (AvgIpc) is 2.05. The van der Waals surface area contributed by atoms with Gasteiger partial charge >= 0.3 is 0 Å². The lowest BCUT2D eigenvalue weighted by molar-refractivity contribution is 1.15. The van der Waals surface area contributed by atoms with Gasteiger partial charge in [-0.05, 0) is 11.8 Å². The van der Waals surface area contributed by atoms with Crippen LogP contribution >= 0.6 is 0 Å². The van der Waals surface area contributed by atoms with E-state index < -0.39 is 0 Å². The van der Waals surface area contributed by atoms with Crippen LogP contribution in [-0.4, -0.2) is 9.97 Å². The molecule has 1 heterocycles. The van der Waals surface area contributed by atoms with Gasteiger partial charge in [0, 0.05) is 0 Å². The molecular weight excluding hydrogens is 124 g/mol. The zero-order valence-electron chi connectivity index (χ0n) is 5.20. The van der Waals surface area contributed by atoms with Gasteiger partial charge in [-0.25, -0.2) is 4.98 Å². The van der Waals surface area contributed by atoms with Crippen LogP contribution in [0, 0.1) is 24.7 Å². The fourth-order valence-electron chi connectivity index (χ4n) is 0.505. The molecule has 1 aromatic heterocycles. The largest absolute Gasteiger partial charge is 0.259 e. The molecule has 0 saturated carbocycles. The molecule has 0 aromatic carbocycles. The van der Waals surface area contributed by atoms with Gasteiger partial charge in [-0.2, -0.15) is 0 Å². The summed E-state index contributed by atoms with van der Waals surface area (Å²) in [6.45, 7) is 0. The van der Waals surface area contributed by atoms with Crippen molar-refractivity contribution in [2.24, 2.45) is 0 Å². The molecule has 0 radical (unpaired) electrons. The fourth-order valence-corrected chi connectivity index (χ4v) is 0.505. The summed E-state index contributed by atoms with van der Waals surface area (Å²) in [6, 6.07) is 0. The molecule has 0 bridgehead atoms. The van der Waals surface area contributed by atoms with Gasteiger partial charge in [-0.1, -0.05) is 0 Å². The monoisotopic (exact) mass is 128 g/mol. The molecule has 0 spiro atoms. The Morgan fingerprint density at radius 1 is 1.10 bits per heavy atom. The van der Waals surface area contributed by atoms with Crippen LogP contribution in [0.5, 0.6) is 0 Å².